The summed E-state index contributed by atoms with van der Waals surface area (Å²) in [5, 5.41) is 9.92. The van der Waals surface area contributed by atoms with Crippen LogP contribution in [0.2, 0.25) is 0 Å². The van der Waals surface area contributed by atoms with Gasteiger partial charge in [-0.25, -0.2) is 4.79 Å². The summed E-state index contributed by atoms with van der Waals surface area (Å²) in [6.07, 6.45) is 6.89. The summed E-state index contributed by atoms with van der Waals surface area (Å²) in [5.41, 5.74) is 13.5. The molecule has 92 heavy (non-hydrogen) atoms. The standard InChI is InChI=1S/C45H45N3O6.C31H27NO6/c49-42(22-31-13-15-36(16-14-31)52-29-32-8-2-1-3-9-32)39-24-41(47-17-7-6-12-40(39)47)37-25-43-44(54-30-53-43)26-38(37)45(50)48-27-34-11-5-4-10-33(34)23-35(48)28-46-18-20-51-21-19-46;33-28(14-20-9-11-22(12-10-20)36-18-21-6-2-1-3-7-21)25-15-27(32-13-5-4-8-26(25)32)23-16-29-30(38-19-37-29)17-24(23)31(34)35/h1-5,8-11,13-16,24-26,35H,6-7,12,17-23,27-30H2;1-3,6-7,9-12,15-17H,4-5,8,13-14,18-19H2,(H,34,35)/t35-;/m0./s1. The number of hydrogen-bond acceptors (Lipinski definition) is 12. The van der Waals surface area contributed by atoms with E-state index in [9.17, 15) is 19.5 Å². The number of hydrogen-bond donors (Lipinski definition) is 1. The van der Waals surface area contributed by atoms with Crippen molar-refractivity contribution in [2.75, 3.05) is 46.4 Å². The number of carbonyl (C=O) groups excluding carboxylic acids is 3. The van der Waals surface area contributed by atoms with Crippen LogP contribution in [0, 0.1) is 0 Å². The van der Waals surface area contributed by atoms with Crippen LogP contribution in [-0.4, -0.2) is 100.0 Å². The van der Waals surface area contributed by atoms with Crippen LogP contribution in [0.1, 0.15) is 112 Å². The molecule has 8 heterocycles. The van der Waals surface area contributed by atoms with Crippen LogP contribution >= 0.6 is 0 Å². The predicted molar refractivity (Wildman–Crippen MR) is 346 cm³/mol. The molecule has 1 N–H and O–H groups in total. The second-order valence-electron chi connectivity index (χ2n) is 24.3. The molecule has 6 aliphatic rings. The van der Waals surface area contributed by atoms with Crippen molar-refractivity contribution in [1.82, 2.24) is 18.9 Å². The number of Topliss-reactive ketones (excluding diaryl/α,β-unsaturated/α-hetero) is 2. The van der Waals surface area contributed by atoms with Gasteiger partial charge in [-0.05, 0) is 139 Å². The Bertz CT molecular complexity index is 4190. The first kappa shape index (κ1) is 59.7. The molecular formula is C76H72N4O12. The fourth-order valence-electron chi connectivity index (χ4n) is 13.6. The minimum Gasteiger partial charge on any atom is -0.489 e. The zero-order valence-electron chi connectivity index (χ0n) is 51.3. The van der Waals surface area contributed by atoms with Gasteiger partial charge >= 0.3 is 5.97 Å². The van der Waals surface area contributed by atoms with E-state index in [0.717, 1.165) is 145 Å². The van der Waals surface area contributed by atoms with E-state index in [1.165, 1.54) is 17.2 Å². The van der Waals surface area contributed by atoms with Crippen molar-refractivity contribution < 1.29 is 57.4 Å². The van der Waals surface area contributed by atoms with Gasteiger partial charge in [0.2, 0.25) is 13.6 Å². The molecule has 1 amide bonds. The molecular weight excluding hydrogens is 1160 g/mol. The van der Waals surface area contributed by atoms with Crippen LogP contribution in [0.15, 0.2) is 170 Å². The first-order chi connectivity index (χ1) is 45.1. The molecule has 0 bridgehead atoms. The summed E-state index contributed by atoms with van der Waals surface area (Å²) >= 11 is 0. The van der Waals surface area contributed by atoms with Crippen LogP contribution in [-0.2, 0) is 69.7 Å². The zero-order valence-corrected chi connectivity index (χ0v) is 51.3. The second-order valence-corrected chi connectivity index (χ2v) is 24.3. The average Bonchev–Trinajstić information content (AvgIpc) is 1.69. The van der Waals surface area contributed by atoms with E-state index in [2.05, 4.69) is 43.2 Å². The SMILES string of the molecule is O=C(Cc1ccc(OCc2ccccc2)cc1)c1cc(-c2cc3c(cc2C(=O)N2Cc4ccccc4C[C@H]2CN2CCOCC2)OCO3)n2c1CCCC2.O=C(O)c1cc2c(cc1-c1cc(C(=O)Cc3ccc(OCc4ccccc4)cc3)c3n1CCCC3)OCO2. The third-order valence-corrected chi connectivity index (χ3v) is 18.4. The van der Waals surface area contributed by atoms with Gasteiger partial charge in [0, 0.05) is 103 Å². The molecule has 9 aromatic rings. The third-order valence-electron chi connectivity index (χ3n) is 18.4. The number of carboxylic acids is 1. The molecule has 16 heteroatoms. The van der Waals surface area contributed by atoms with Crippen molar-refractivity contribution in [3.05, 3.63) is 237 Å². The summed E-state index contributed by atoms with van der Waals surface area (Å²) in [6.45, 7) is 7.09. The molecule has 1 saturated heterocycles. The number of morpholine rings is 1. The highest BCUT2D eigenvalue weighted by molar-refractivity contribution is 6.05. The van der Waals surface area contributed by atoms with Crippen LogP contribution in [0.5, 0.6) is 34.5 Å². The van der Waals surface area contributed by atoms with Gasteiger partial charge in [-0.1, -0.05) is 109 Å². The fourth-order valence-corrected chi connectivity index (χ4v) is 13.6. The lowest BCUT2D eigenvalue weighted by molar-refractivity contribution is 0.0193. The van der Waals surface area contributed by atoms with Crippen LogP contribution in [0.4, 0.5) is 0 Å². The average molecular weight is 1230 g/mol. The molecule has 0 unspecified atom stereocenters. The molecule has 0 radical (unpaired) electrons. The van der Waals surface area contributed by atoms with Crippen LogP contribution in [0.3, 0.4) is 0 Å². The van der Waals surface area contributed by atoms with Gasteiger partial charge in [0.1, 0.15) is 24.7 Å². The number of nitrogens with zero attached hydrogens (tertiary/aromatic N) is 4. The molecule has 0 saturated carbocycles. The Labute approximate surface area is 534 Å². The summed E-state index contributed by atoms with van der Waals surface area (Å²) < 4.78 is 44.5. The van der Waals surface area contributed by atoms with Gasteiger partial charge in [-0.3, -0.25) is 19.3 Å². The minimum absolute atomic E-state index is 0.00253. The van der Waals surface area contributed by atoms with Gasteiger partial charge in [0.25, 0.3) is 5.91 Å². The largest absolute Gasteiger partial charge is 0.489 e. The maximum atomic E-state index is 15.1. The number of benzene rings is 7. The normalized spacial score (nSPS) is 16.1. The Kier molecular flexibility index (Phi) is 17.5. The third kappa shape index (κ3) is 12.9. The Hall–Kier alpha value is -9.90. The molecule has 1 atom stereocenters. The molecule has 6 aliphatic heterocycles. The van der Waals surface area contributed by atoms with E-state index in [-0.39, 0.29) is 55.5 Å². The maximum Gasteiger partial charge on any atom is 0.336 e. The van der Waals surface area contributed by atoms with Crippen LogP contribution < -0.4 is 28.4 Å². The quantitative estimate of drug-likeness (QED) is 0.0806. The van der Waals surface area contributed by atoms with Gasteiger partial charge in [0.05, 0.1) is 24.3 Å². The Morgan fingerprint density at radius 3 is 1.46 bits per heavy atom. The van der Waals surface area contributed by atoms with Crippen molar-refractivity contribution in [3.8, 4) is 57.0 Å². The number of rotatable bonds is 18. The second kappa shape index (κ2) is 26.9. The smallest absolute Gasteiger partial charge is 0.336 e. The monoisotopic (exact) mass is 1230 g/mol. The first-order valence-electron chi connectivity index (χ1n) is 32.0. The summed E-state index contributed by atoms with van der Waals surface area (Å²) in [7, 11) is 0. The highest BCUT2D eigenvalue weighted by Crippen LogP contribution is 2.44. The number of amides is 1. The lowest BCUT2D eigenvalue weighted by atomic mass is 9.92. The van der Waals surface area contributed by atoms with Gasteiger partial charge in [-0.2, -0.15) is 0 Å². The van der Waals surface area contributed by atoms with Gasteiger partial charge < -0.3 is 52.3 Å². The van der Waals surface area contributed by atoms with E-state index < -0.39 is 5.97 Å². The number of fused-ring (bicyclic) bond motifs is 5. The van der Waals surface area contributed by atoms with Crippen molar-refractivity contribution in [3.63, 3.8) is 0 Å². The molecule has 7 aromatic carbocycles. The number of aromatic nitrogens is 2. The lowest BCUT2D eigenvalue weighted by Gasteiger charge is -2.40. The van der Waals surface area contributed by atoms with Crippen molar-refractivity contribution in [2.45, 2.75) is 96.7 Å². The number of ether oxygens (including phenoxy) is 7. The Balaban J connectivity index is 0.000000170. The Morgan fingerprint density at radius 1 is 0.478 bits per heavy atom. The van der Waals surface area contributed by atoms with E-state index in [0.29, 0.717) is 72.7 Å². The molecule has 0 spiro atoms. The van der Waals surface area contributed by atoms with Crippen molar-refractivity contribution >= 4 is 23.4 Å². The van der Waals surface area contributed by atoms with E-state index in [4.69, 9.17) is 33.2 Å². The molecule has 468 valence electrons. The highest BCUT2D eigenvalue weighted by atomic mass is 16.7. The van der Waals surface area contributed by atoms with E-state index >= 15 is 4.79 Å². The maximum absolute atomic E-state index is 15.1. The lowest BCUT2D eigenvalue weighted by Crippen LogP contribution is -2.52. The number of carboxylic acid groups (broad SMARTS) is 1. The Morgan fingerprint density at radius 2 is 0.946 bits per heavy atom. The van der Waals surface area contributed by atoms with E-state index in [1.807, 2.05) is 133 Å². The minimum atomic E-state index is -1.05. The fraction of sp³-hybridized carbons (Fsp3) is 0.289. The zero-order chi connectivity index (χ0) is 62.5. The van der Waals surface area contributed by atoms with Gasteiger partial charge in [0.15, 0.2) is 34.6 Å². The highest BCUT2D eigenvalue weighted by Gasteiger charge is 2.36. The molecule has 15 rings (SSSR count). The molecule has 16 nitrogen and oxygen atoms in total. The van der Waals surface area contributed by atoms with E-state index in [1.54, 1.807) is 6.07 Å². The molecule has 0 aliphatic carbocycles. The van der Waals surface area contributed by atoms with Crippen molar-refractivity contribution in [2.24, 2.45) is 0 Å². The summed E-state index contributed by atoms with van der Waals surface area (Å²) in [4.78, 5) is 59.3. The number of carbonyl (C=O) groups is 4. The summed E-state index contributed by atoms with van der Waals surface area (Å²) in [5.74, 6) is 2.63. The number of aromatic carboxylic acids is 1. The topological polar surface area (TPSA) is 169 Å². The van der Waals surface area contributed by atoms with Crippen LogP contribution in [0.25, 0.3) is 22.5 Å². The predicted octanol–water partition coefficient (Wildman–Crippen LogP) is 13.0. The molecule has 1 fully saturated rings. The molecule has 2 aromatic heterocycles. The first-order valence-corrected chi connectivity index (χ1v) is 32.0. The van der Waals surface area contributed by atoms with Crippen molar-refractivity contribution in [1.29, 1.82) is 0 Å². The summed E-state index contributed by atoms with van der Waals surface area (Å²) in [6, 6.07) is 54.8. The number of ketones is 2. The van der Waals surface area contributed by atoms with Gasteiger partial charge in [-0.15, -0.1) is 0 Å².